The molecule has 0 aliphatic carbocycles. The third-order valence-corrected chi connectivity index (χ3v) is 4.20. The SMILES string of the molecule is CC(C)(C)OC(=O)N1CC(n2cc(C(F)(F)F)nc2-c2ccc(C#N)cc2)C1. The number of hydrogen-bond acceptors (Lipinski definition) is 4. The number of likely N-dealkylation sites (tertiary alicyclic amines) is 1. The van der Waals surface area contributed by atoms with Crippen LogP contribution in [0.3, 0.4) is 0 Å². The van der Waals surface area contributed by atoms with Gasteiger partial charge in [0.1, 0.15) is 11.4 Å². The number of alkyl halides is 3. The molecule has 1 aliphatic rings. The van der Waals surface area contributed by atoms with Gasteiger partial charge in [-0.2, -0.15) is 18.4 Å². The Labute approximate surface area is 160 Å². The second kappa shape index (κ2) is 6.86. The van der Waals surface area contributed by atoms with Gasteiger partial charge in [0.2, 0.25) is 0 Å². The number of rotatable bonds is 2. The predicted octanol–water partition coefficient (Wildman–Crippen LogP) is 4.23. The lowest BCUT2D eigenvalue weighted by Crippen LogP contribution is -2.52. The number of aromatic nitrogens is 2. The zero-order valence-corrected chi connectivity index (χ0v) is 15.6. The molecule has 0 saturated carbocycles. The molecule has 0 unspecified atom stereocenters. The van der Waals surface area contributed by atoms with E-state index < -0.39 is 23.6 Å². The van der Waals surface area contributed by atoms with E-state index in [9.17, 15) is 18.0 Å². The molecule has 9 heteroatoms. The molecule has 0 atom stereocenters. The highest BCUT2D eigenvalue weighted by Gasteiger charge is 2.39. The number of imidazole rings is 1. The summed E-state index contributed by atoms with van der Waals surface area (Å²) in [6.45, 7) is 5.70. The van der Waals surface area contributed by atoms with Crippen LogP contribution >= 0.6 is 0 Å². The van der Waals surface area contributed by atoms with Gasteiger partial charge < -0.3 is 14.2 Å². The van der Waals surface area contributed by atoms with Crippen LogP contribution in [0, 0.1) is 11.3 Å². The Morgan fingerprint density at radius 1 is 1.21 bits per heavy atom. The molecule has 0 spiro atoms. The molecule has 2 aromatic rings. The zero-order chi connectivity index (χ0) is 20.7. The topological polar surface area (TPSA) is 71.2 Å². The fourth-order valence-corrected chi connectivity index (χ4v) is 2.82. The van der Waals surface area contributed by atoms with Gasteiger partial charge in [0, 0.05) is 24.8 Å². The van der Waals surface area contributed by atoms with Gasteiger partial charge in [0.25, 0.3) is 0 Å². The van der Waals surface area contributed by atoms with Crippen molar-refractivity contribution >= 4 is 6.09 Å². The maximum atomic E-state index is 13.2. The number of carbonyl (C=O) groups is 1. The smallest absolute Gasteiger partial charge is 0.434 e. The summed E-state index contributed by atoms with van der Waals surface area (Å²) in [7, 11) is 0. The number of benzene rings is 1. The first-order valence-electron chi connectivity index (χ1n) is 8.62. The van der Waals surface area contributed by atoms with Crippen LogP contribution in [0.4, 0.5) is 18.0 Å². The number of amides is 1. The summed E-state index contributed by atoms with van der Waals surface area (Å²) in [6, 6.07) is 7.78. The lowest BCUT2D eigenvalue weighted by Gasteiger charge is -2.40. The van der Waals surface area contributed by atoms with Gasteiger partial charge in [0.05, 0.1) is 17.7 Å². The monoisotopic (exact) mass is 392 g/mol. The van der Waals surface area contributed by atoms with E-state index in [1.807, 2.05) is 6.07 Å². The maximum absolute atomic E-state index is 13.2. The average Bonchev–Trinajstić information content (AvgIpc) is 2.97. The standard InChI is InChI=1S/C19H19F3N4O2/c1-18(2,3)28-17(27)25-9-14(10-25)26-11-15(19(20,21)22)24-16(26)13-6-4-12(8-23)5-7-13/h4-7,11,14H,9-10H2,1-3H3. The van der Waals surface area contributed by atoms with Crippen molar-refractivity contribution in [2.45, 2.75) is 38.6 Å². The summed E-state index contributed by atoms with van der Waals surface area (Å²) < 4.78 is 46.3. The van der Waals surface area contributed by atoms with Crippen LogP contribution in [-0.2, 0) is 10.9 Å². The van der Waals surface area contributed by atoms with E-state index >= 15 is 0 Å². The first-order valence-corrected chi connectivity index (χ1v) is 8.62. The molecule has 1 fully saturated rings. The largest absolute Gasteiger partial charge is 0.444 e. The zero-order valence-electron chi connectivity index (χ0n) is 15.6. The summed E-state index contributed by atoms with van der Waals surface area (Å²) in [5.41, 5.74) is -0.778. The van der Waals surface area contributed by atoms with Crippen LogP contribution in [0.2, 0.25) is 0 Å². The Balaban J connectivity index is 1.86. The summed E-state index contributed by atoms with van der Waals surface area (Å²) in [6.07, 6.45) is -4.12. The summed E-state index contributed by atoms with van der Waals surface area (Å²) in [5, 5.41) is 8.89. The quantitative estimate of drug-likeness (QED) is 0.767. The molecule has 1 saturated heterocycles. The van der Waals surface area contributed by atoms with Crippen LogP contribution in [-0.4, -0.2) is 39.2 Å². The summed E-state index contributed by atoms with van der Waals surface area (Å²) in [4.78, 5) is 17.3. The number of nitriles is 1. The van der Waals surface area contributed by atoms with Crippen molar-refractivity contribution in [3.63, 3.8) is 0 Å². The van der Waals surface area contributed by atoms with Gasteiger partial charge in [-0.25, -0.2) is 9.78 Å². The molecule has 28 heavy (non-hydrogen) atoms. The van der Waals surface area contributed by atoms with E-state index in [0.29, 0.717) is 11.1 Å². The van der Waals surface area contributed by atoms with Gasteiger partial charge in [-0.05, 0) is 45.0 Å². The Kier molecular flexibility index (Phi) is 4.83. The van der Waals surface area contributed by atoms with E-state index in [2.05, 4.69) is 4.98 Å². The first-order chi connectivity index (χ1) is 13.0. The van der Waals surface area contributed by atoms with Crippen molar-refractivity contribution in [2.75, 3.05) is 13.1 Å². The van der Waals surface area contributed by atoms with Gasteiger partial charge in [-0.15, -0.1) is 0 Å². The van der Waals surface area contributed by atoms with Crippen LogP contribution in [0.1, 0.15) is 38.1 Å². The van der Waals surface area contributed by atoms with Crippen LogP contribution < -0.4 is 0 Å². The van der Waals surface area contributed by atoms with Gasteiger partial charge in [0.15, 0.2) is 5.69 Å². The molecule has 0 N–H and O–H groups in total. The molecular weight excluding hydrogens is 373 g/mol. The molecule has 148 valence electrons. The molecular formula is C19H19F3N4O2. The molecule has 6 nitrogen and oxygen atoms in total. The number of hydrogen-bond donors (Lipinski definition) is 0. The highest BCUT2D eigenvalue weighted by molar-refractivity contribution is 5.69. The Hall–Kier alpha value is -3.02. The normalized spacial score (nSPS) is 15.1. The van der Waals surface area contributed by atoms with Crippen LogP contribution in [0.25, 0.3) is 11.4 Å². The van der Waals surface area contributed by atoms with Crippen molar-refractivity contribution in [2.24, 2.45) is 0 Å². The van der Waals surface area contributed by atoms with Gasteiger partial charge in [-0.3, -0.25) is 0 Å². The maximum Gasteiger partial charge on any atom is 0.434 e. The third kappa shape index (κ3) is 4.11. The second-order valence-corrected chi connectivity index (χ2v) is 7.58. The van der Waals surface area contributed by atoms with Gasteiger partial charge in [-0.1, -0.05) is 0 Å². The van der Waals surface area contributed by atoms with Crippen LogP contribution in [0.5, 0.6) is 0 Å². The average molecular weight is 392 g/mol. The molecule has 1 aromatic carbocycles. The Morgan fingerprint density at radius 2 is 1.82 bits per heavy atom. The number of nitrogens with zero attached hydrogens (tertiary/aromatic N) is 4. The molecule has 3 rings (SSSR count). The molecule has 0 bridgehead atoms. The third-order valence-electron chi connectivity index (χ3n) is 4.20. The first kappa shape index (κ1) is 19.7. The molecule has 1 amide bonds. The van der Waals surface area contributed by atoms with Crippen molar-refractivity contribution in [1.29, 1.82) is 5.26 Å². The Bertz CT molecular complexity index is 915. The van der Waals surface area contributed by atoms with Crippen molar-refractivity contribution in [1.82, 2.24) is 14.5 Å². The fraction of sp³-hybridized carbons (Fsp3) is 0.421. The summed E-state index contributed by atoms with van der Waals surface area (Å²) >= 11 is 0. The second-order valence-electron chi connectivity index (χ2n) is 7.58. The number of ether oxygens (including phenoxy) is 1. The Morgan fingerprint density at radius 3 is 2.32 bits per heavy atom. The molecule has 0 radical (unpaired) electrons. The molecule has 1 aliphatic heterocycles. The van der Waals surface area contributed by atoms with Crippen LogP contribution in [0.15, 0.2) is 30.5 Å². The van der Waals surface area contributed by atoms with E-state index in [0.717, 1.165) is 6.20 Å². The minimum absolute atomic E-state index is 0.144. The lowest BCUT2D eigenvalue weighted by atomic mass is 10.1. The van der Waals surface area contributed by atoms with Crippen molar-refractivity contribution in [3.05, 3.63) is 41.7 Å². The van der Waals surface area contributed by atoms with E-state index in [1.165, 1.54) is 21.6 Å². The number of halogens is 3. The minimum Gasteiger partial charge on any atom is -0.444 e. The minimum atomic E-state index is -4.58. The van der Waals surface area contributed by atoms with E-state index in [1.54, 1.807) is 32.9 Å². The summed E-state index contributed by atoms with van der Waals surface area (Å²) in [5.74, 6) is 0.144. The predicted molar refractivity (Wildman–Crippen MR) is 94.2 cm³/mol. The number of carbonyl (C=O) groups excluding carboxylic acids is 1. The van der Waals surface area contributed by atoms with Gasteiger partial charge >= 0.3 is 12.3 Å². The highest BCUT2D eigenvalue weighted by atomic mass is 19.4. The van der Waals surface area contributed by atoms with Crippen molar-refractivity contribution < 1.29 is 22.7 Å². The molecule has 1 aromatic heterocycles. The molecule has 2 heterocycles. The van der Waals surface area contributed by atoms with E-state index in [-0.39, 0.29) is 25.0 Å². The lowest BCUT2D eigenvalue weighted by molar-refractivity contribution is -0.141. The highest BCUT2D eigenvalue weighted by Crippen LogP contribution is 2.35. The van der Waals surface area contributed by atoms with E-state index in [4.69, 9.17) is 10.00 Å². The fourth-order valence-electron chi connectivity index (χ4n) is 2.82. The van der Waals surface area contributed by atoms with Crippen molar-refractivity contribution in [3.8, 4) is 17.5 Å².